The predicted octanol–water partition coefficient (Wildman–Crippen LogP) is -2.58. The van der Waals surface area contributed by atoms with E-state index >= 15 is 0 Å². The minimum Gasteiger partial charge on any atom is -0.479 e. The second-order valence-electron chi connectivity index (χ2n) is 4.55. The van der Waals surface area contributed by atoms with Crippen molar-refractivity contribution in [3.05, 3.63) is 0 Å². The van der Waals surface area contributed by atoms with Gasteiger partial charge in [-0.2, -0.15) is 0 Å². The van der Waals surface area contributed by atoms with Gasteiger partial charge in [-0.15, -0.1) is 0 Å². The van der Waals surface area contributed by atoms with Crippen LogP contribution in [0.25, 0.3) is 0 Å². The molecular formula is C11H19NO8. The SMILES string of the molecule is CC(=O)N[C@@H]1[C@@H](O[C@H](C)C(=O)O)[C@H](O)[C@H](CO)O[C@@H]1O. The fraction of sp³-hybridized carbons (Fsp3) is 0.818. The number of aliphatic carboxylic acids is 1. The Balaban J connectivity index is 2.92. The zero-order valence-corrected chi connectivity index (χ0v) is 11.1. The Hall–Kier alpha value is -1.26. The zero-order valence-electron chi connectivity index (χ0n) is 11.1. The Kier molecular flexibility index (Phi) is 5.84. The number of nitrogens with one attached hydrogen (secondary N) is 1. The number of amides is 1. The number of rotatable bonds is 5. The third-order valence-electron chi connectivity index (χ3n) is 2.95. The quantitative estimate of drug-likeness (QED) is 0.371. The molecule has 1 aliphatic rings. The number of aliphatic hydroxyl groups excluding tert-OH is 3. The van der Waals surface area contributed by atoms with E-state index in [1.807, 2.05) is 0 Å². The van der Waals surface area contributed by atoms with Crippen molar-refractivity contribution in [2.75, 3.05) is 6.61 Å². The minimum atomic E-state index is -1.54. The van der Waals surface area contributed by atoms with Crippen molar-refractivity contribution >= 4 is 11.9 Å². The highest BCUT2D eigenvalue weighted by atomic mass is 16.6. The maximum Gasteiger partial charge on any atom is 0.332 e. The van der Waals surface area contributed by atoms with E-state index < -0.39 is 55.2 Å². The van der Waals surface area contributed by atoms with Gasteiger partial charge in [0.15, 0.2) is 12.4 Å². The van der Waals surface area contributed by atoms with Crippen molar-refractivity contribution < 1.29 is 39.5 Å². The molecule has 0 unspecified atom stereocenters. The molecule has 1 rings (SSSR count). The summed E-state index contributed by atoms with van der Waals surface area (Å²) in [5, 5.41) is 40.0. The van der Waals surface area contributed by atoms with Gasteiger partial charge < -0.3 is 35.2 Å². The molecule has 0 radical (unpaired) electrons. The van der Waals surface area contributed by atoms with Crippen molar-refractivity contribution in [1.29, 1.82) is 0 Å². The highest BCUT2D eigenvalue weighted by Gasteiger charge is 2.46. The summed E-state index contributed by atoms with van der Waals surface area (Å²) in [6.45, 7) is 1.84. The van der Waals surface area contributed by atoms with Gasteiger partial charge in [0, 0.05) is 6.92 Å². The molecule has 1 saturated heterocycles. The number of carboxylic acids is 1. The molecule has 6 atom stereocenters. The number of ether oxygens (including phenoxy) is 2. The van der Waals surface area contributed by atoms with Crippen molar-refractivity contribution in [1.82, 2.24) is 5.32 Å². The fourth-order valence-electron chi connectivity index (χ4n) is 1.93. The van der Waals surface area contributed by atoms with Gasteiger partial charge in [0.1, 0.15) is 24.4 Å². The van der Waals surface area contributed by atoms with Crippen molar-refractivity contribution in [3.63, 3.8) is 0 Å². The van der Waals surface area contributed by atoms with E-state index in [0.717, 1.165) is 0 Å². The molecule has 1 heterocycles. The monoisotopic (exact) mass is 293 g/mol. The van der Waals surface area contributed by atoms with E-state index in [9.17, 15) is 19.8 Å². The summed E-state index contributed by atoms with van der Waals surface area (Å²) in [6.07, 6.45) is -6.57. The molecule has 116 valence electrons. The van der Waals surface area contributed by atoms with Gasteiger partial charge in [0.05, 0.1) is 6.61 Å². The molecule has 1 amide bonds. The lowest BCUT2D eigenvalue weighted by molar-refractivity contribution is -0.267. The first-order valence-electron chi connectivity index (χ1n) is 6.05. The summed E-state index contributed by atoms with van der Waals surface area (Å²) >= 11 is 0. The van der Waals surface area contributed by atoms with Crippen LogP contribution in [0.4, 0.5) is 0 Å². The van der Waals surface area contributed by atoms with Gasteiger partial charge in [-0.25, -0.2) is 4.79 Å². The van der Waals surface area contributed by atoms with Crippen LogP contribution in [0.15, 0.2) is 0 Å². The fourth-order valence-corrected chi connectivity index (χ4v) is 1.93. The molecule has 0 aromatic carbocycles. The lowest BCUT2D eigenvalue weighted by Crippen LogP contribution is -2.65. The van der Waals surface area contributed by atoms with Crippen LogP contribution in [-0.4, -0.2) is 75.7 Å². The molecule has 1 fully saturated rings. The van der Waals surface area contributed by atoms with Gasteiger partial charge in [0.25, 0.3) is 0 Å². The number of carbonyl (C=O) groups is 2. The van der Waals surface area contributed by atoms with Crippen molar-refractivity contribution in [2.45, 2.75) is 50.6 Å². The topological polar surface area (TPSA) is 146 Å². The van der Waals surface area contributed by atoms with Crippen LogP contribution in [0.3, 0.4) is 0 Å². The maximum absolute atomic E-state index is 11.1. The third kappa shape index (κ3) is 3.87. The van der Waals surface area contributed by atoms with Crippen LogP contribution in [0.2, 0.25) is 0 Å². The highest BCUT2D eigenvalue weighted by Crippen LogP contribution is 2.23. The Bertz CT molecular complexity index is 362. The lowest BCUT2D eigenvalue weighted by Gasteiger charge is -2.42. The van der Waals surface area contributed by atoms with Gasteiger partial charge in [0.2, 0.25) is 5.91 Å². The zero-order chi connectivity index (χ0) is 15.4. The smallest absolute Gasteiger partial charge is 0.332 e. The standard InChI is InChI=1S/C11H19NO8/c1-4(10(16)17)19-9-7(12-5(2)14)11(18)20-6(3-13)8(9)15/h4,6-9,11,13,15,18H,3H2,1-2H3,(H,12,14)(H,16,17)/t4-,6+,7-,8-,9-,11+/m1/s1. The van der Waals surface area contributed by atoms with Gasteiger partial charge >= 0.3 is 5.97 Å². The first-order chi connectivity index (χ1) is 9.27. The maximum atomic E-state index is 11.1. The molecule has 1 aliphatic heterocycles. The number of aliphatic hydroxyl groups is 3. The van der Waals surface area contributed by atoms with Crippen LogP contribution in [-0.2, 0) is 19.1 Å². The number of hydrogen-bond donors (Lipinski definition) is 5. The summed E-state index contributed by atoms with van der Waals surface area (Å²) in [4.78, 5) is 21.9. The van der Waals surface area contributed by atoms with Crippen molar-refractivity contribution in [2.24, 2.45) is 0 Å². The largest absolute Gasteiger partial charge is 0.479 e. The average molecular weight is 293 g/mol. The van der Waals surface area contributed by atoms with Crippen LogP contribution in [0, 0.1) is 0 Å². The molecule has 9 heteroatoms. The van der Waals surface area contributed by atoms with E-state index in [-0.39, 0.29) is 0 Å². The summed E-state index contributed by atoms with van der Waals surface area (Å²) in [5.74, 6) is -1.77. The number of carbonyl (C=O) groups excluding carboxylic acids is 1. The molecule has 5 N–H and O–H groups in total. The van der Waals surface area contributed by atoms with Gasteiger partial charge in [-0.1, -0.05) is 0 Å². The molecule has 20 heavy (non-hydrogen) atoms. The average Bonchev–Trinajstić information content (AvgIpc) is 2.36. The van der Waals surface area contributed by atoms with Crippen LogP contribution in [0.5, 0.6) is 0 Å². The van der Waals surface area contributed by atoms with Crippen LogP contribution >= 0.6 is 0 Å². The Morgan fingerprint density at radius 3 is 2.45 bits per heavy atom. The number of carboxylic acid groups (broad SMARTS) is 1. The molecule has 0 aliphatic carbocycles. The highest BCUT2D eigenvalue weighted by molar-refractivity contribution is 5.73. The van der Waals surface area contributed by atoms with E-state index in [1.54, 1.807) is 0 Å². The number of hydrogen-bond acceptors (Lipinski definition) is 7. The molecule has 0 aromatic heterocycles. The minimum absolute atomic E-state index is 0.510. The normalized spacial score (nSPS) is 35.4. The molecule has 0 bridgehead atoms. The molecule has 0 saturated carbocycles. The van der Waals surface area contributed by atoms with E-state index in [0.29, 0.717) is 0 Å². The first-order valence-corrected chi connectivity index (χ1v) is 6.05. The first kappa shape index (κ1) is 16.8. The summed E-state index contributed by atoms with van der Waals surface area (Å²) < 4.78 is 10.1. The van der Waals surface area contributed by atoms with Gasteiger partial charge in [-0.3, -0.25) is 4.79 Å². The summed E-state index contributed by atoms with van der Waals surface area (Å²) in [5.41, 5.74) is 0. The second-order valence-corrected chi connectivity index (χ2v) is 4.55. The van der Waals surface area contributed by atoms with Crippen molar-refractivity contribution in [3.8, 4) is 0 Å². The molecular weight excluding hydrogens is 274 g/mol. The Labute approximate surface area is 115 Å². The third-order valence-corrected chi connectivity index (χ3v) is 2.95. The lowest BCUT2D eigenvalue weighted by atomic mass is 9.96. The van der Waals surface area contributed by atoms with Gasteiger partial charge in [-0.05, 0) is 6.92 Å². The Morgan fingerprint density at radius 1 is 1.40 bits per heavy atom. The Morgan fingerprint density at radius 2 is 2.00 bits per heavy atom. The predicted molar refractivity (Wildman–Crippen MR) is 63.5 cm³/mol. The molecule has 0 aromatic rings. The van der Waals surface area contributed by atoms with E-state index in [4.69, 9.17) is 19.7 Å². The second kappa shape index (κ2) is 6.95. The van der Waals surface area contributed by atoms with Crippen LogP contribution in [0.1, 0.15) is 13.8 Å². The van der Waals surface area contributed by atoms with E-state index in [1.165, 1.54) is 13.8 Å². The molecule has 9 nitrogen and oxygen atoms in total. The van der Waals surface area contributed by atoms with Crippen LogP contribution < -0.4 is 5.32 Å². The summed E-state index contributed by atoms with van der Waals surface area (Å²) in [7, 11) is 0. The molecule has 0 spiro atoms. The van der Waals surface area contributed by atoms with E-state index in [2.05, 4.69) is 5.32 Å². The summed E-state index contributed by atoms with van der Waals surface area (Å²) in [6, 6.07) is -1.15.